The molecule has 1 amide bonds. The van der Waals surface area contributed by atoms with Crippen molar-refractivity contribution in [3.63, 3.8) is 0 Å². The summed E-state index contributed by atoms with van der Waals surface area (Å²) in [6.07, 6.45) is 2.07. The van der Waals surface area contributed by atoms with Crippen molar-refractivity contribution in [2.75, 3.05) is 11.9 Å². The van der Waals surface area contributed by atoms with Gasteiger partial charge in [-0.1, -0.05) is 45.0 Å². The van der Waals surface area contributed by atoms with Crippen LogP contribution in [0, 0.1) is 0 Å². The Bertz CT molecular complexity index is 1030. The minimum atomic E-state index is -0.199. The van der Waals surface area contributed by atoms with Gasteiger partial charge < -0.3 is 14.6 Å². The zero-order valence-electron chi connectivity index (χ0n) is 17.1. The molecule has 0 saturated heterocycles. The first-order chi connectivity index (χ1) is 13.9. The summed E-state index contributed by atoms with van der Waals surface area (Å²) in [5, 5.41) is 11.5. The van der Waals surface area contributed by atoms with E-state index in [-0.39, 0.29) is 17.9 Å². The largest absolute Gasteiger partial charge is 0.484 e. The first kappa shape index (κ1) is 19.2. The van der Waals surface area contributed by atoms with Gasteiger partial charge in [-0.2, -0.15) is 0 Å². The van der Waals surface area contributed by atoms with Crippen molar-refractivity contribution in [3.05, 3.63) is 59.9 Å². The number of aromatic nitrogens is 3. The number of aryl methyl sites for hydroxylation is 1. The Labute approximate surface area is 170 Å². The van der Waals surface area contributed by atoms with Crippen LogP contribution in [0.2, 0.25) is 0 Å². The van der Waals surface area contributed by atoms with Crippen LogP contribution in [-0.2, 0) is 23.2 Å². The van der Waals surface area contributed by atoms with E-state index in [1.165, 1.54) is 5.56 Å². The molecule has 0 saturated carbocycles. The van der Waals surface area contributed by atoms with Crippen LogP contribution in [0.15, 0.2) is 48.5 Å². The van der Waals surface area contributed by atoms with E-state index < -0.39 is 0 Å². The van der Waals surface area contributed by atoms with Crippen molar-refractivity contribution in [1.29, 1.82) is 0 Å². The predicted molar refractivity (Wildman–Crippen MR) is 113 cm³/mol. The van der Waals surface area contributed by atoms with Gasteiger partial charge >= 0.3 is 0 Å². The number of carbonyl (C=O) groups excluding carboxylic acids is 1. The molecule has 1 aliphatic heterocycles. The summed E-state index contributed by atoms with van der Waals surface area (Å²) >= 11 is 0. The molecule has 4 rings (SSSR count). The average molecular weight is 390 g/mol. The fourth-order valence-electron chi connectivity index (χ4n) is 3.50. The standard InChI is InChI=1S/C23H26N4O2/c1-23(2,3)17-8-5-10-19(14-17)29-15-21(28)24-18-9-4-7-16(13-18)22-26-25-20-11-6-12-27(20)22/h4-5,7-10,13-14H,6,11-12,15H2,1-3H3,(H,24,28). The Balaban J connectivity index is 1.40. The highest BCUT2D eigenvalue weighted by molar-refractivity contribution is 5.92. The lowest BCUT2D eigenvalue weighted by molar-refractivity contribution is -0.118. The second kappa shape index (κ2) is 7.70. The maximum Gasteiger partial charge on any atom is 0.262 e. The fraction of sp³-hybridized carbons (Fsp3) is 0.348. The monoisotopic (exact) mass is 390 g/mol. The van der Waals surface area contributed by atoms with Gasteiger partial charge in [-0.15, -0.1) is 10.2 Å². The summed E-state index contributed by atoms with van der Waals surface area (Å²) in [5.74, 6) is 2.37. The molecule has 3 aromatic rings. The minimum absolute atomic E-state index is 0.0317. The van der Waals surface area contributed by atoms with E-state index in [1.54, 1.807) is 0 Å². The lowest BCUT2D eigenvalue weighted by Crippen LogP contribution is -2.20. The van der Waals surface area contributed by atoms with E-state index in [0.29, 0.717) is 5.75 Å². The van der Waals surface area contributed by atoms with Crippen molar-refractivity contribution >= 4 is 11.6 Å². The molecule has 2 heterocycles. The third-order valence-corrected chi connectivity index (χ3v) is 5.08. The van der Waals surface area contributed by atoms with Crippen LogP contribution >= 0.6 is 0 Å². The van der Waals surface area contributed by atoms with Crippen LogP contribution in [0.25, 0.3) is 11.4 Å². The zero-order chi connectivity index (χ0) is 20.4. The van der Waals surface area contributed by atoms with Gasteiger partial charge in [-0.3, -0.25) is 4.79 Å². The first-order valence-electron chi connectivity index (χ1n) is 9.96. The molecule has 0 aliphatic carbocycles. The number of nitrogens with one attached hydrogen (secondary N) is 1. The van der Waals surface area contributed by atoms with E-state index >= 15 is 0 Å². The lowest BCUT2D eigenvalue weighted by atomic mass is 9.87. The van der Waals surface area contributed by atoms with Crippen molar-refractivity contribution in [1.82, 2.24) is 14.8 Å². The van der Waals surface area contributed by atoms with E-state index in [2.05, 4.69) is 46.9 Å². The fourth-order valence-corrected chi connectivity index (χ4v) is 3.50. The van der Waals surface area contributed by atoms with Gasteiger partial charge in [0.2, 0.25) is 0 Å². The topological polar surface area (TPSA) is 69.0 Å². The Hall–Kier alpha value is -3.15. The SMILES string of the molecule is CC(C)(C)c1cccc(OCC(=O)Nc2cccc(-c3nnc4n3CCC4)c2)c1. The van der Waals surface area contributed by atoms with Crippen LogP contribution in [0.4, 0.5) is 5.69 Å². The number of amides is 1. The maximum absolute atomic E-state index is 12.4. The Kier molecular flexibility index (Phi) is 5.09. The van der Waals surface area contributed by atoms with Gasteiger partial charge in [0, 0.05) is 24.2 Å². The van der Waals surface area contributed by atoms with Gasteiger partial charge in [0.1, 0.15) is 11.6 Å². The molecule has 1 N–H and O–H groups in total. The van der Waals surface area contributed by atoms with E-state index in [4.69, 9.17) is 4.74 Å². The quantitative estimate of drug-likeness (QED) is 0.709. The predicted octanol–water partition coefficient (Wildman–Crippen LogP) is 4.21. The highest BCUT2D eigenvalue weighted by atomic mass is 16.5. The lowest BCUT2D eigenvalue weighted by Gasteiger charge is -2.19. The van der Waals surface area contributed by atoms with Gasteiger partial charge in [0.25, 0.3) is 5.91 Å². The van der Waals surface area contributed by atoms with Crippen molar-refractivity contribution in [2.45, 2.75) is 45.6 Å². The van der Waals surface area contributed by atoms with E-state index in [9.17, 15) is 4.79 Å². The van der Waals surface area contributed by atoms with Gasteiger partial charge in [0.15, 0.2) is 12.4 Å². The molecule has 0 atom stereocenters. The van der Waals surface area contributed by atoms with Crippen LogP contribution in [-0.4, -0.2) is 27.3 Å². The number of rotatable bonds is 5. The number of hydrogen-bond donors (Lipinski definition) is 1. The Morgan fingerprint density at radius 3 is 2.79 bits per heavy atom. The molecule has 6 heteroatoms. The van der Waals surface area contributed by atoms with Crippen molar-refractivity contribution < 1.29 is 9.53 Å². The number of ether oxygens (including phenoxy) is 1. The molecule has 0 unspecified atom stereocenters. The molecular weight excluding hydrogens is 364 g/mol. The van der Waals surface area contributed by atoms with E-state index in [1.807, 2.05) is 42.5 Å². The first-order valence-corrected chi connectivity index (χ1v) is 9.96. The normalized spacial score (nSPS) is 13.2. The highest BCUT2D eigenvalue weighted by Gasteiger charge is 2.19. The van der Waals surface area contributed by atoms with Crippen molar-refractivity contribution in [3.8, 4) is 17.1 Å². The second-order valence-corrected chi connectivity index (χ2v) is 8.39. The number of hydrogen-bond acceptors (Lipinski definition) is 4. The summed E-state index contributed by atoms with van der Waals surface area (Å²) in [5.41, 5.74) is 2.87. The molecule has 0 fully saturated rings. The molecule has 2 aromatic carbocycles. The number of fused-ring (bicyclic) bond motifs is 1. The molecule has 0 radical (unpaired) electrons. The highest BCUT2D eigenvalue weighted by Crippen LogP contribution is 2.26. The second-order valence-electron chi connectivity index (χ2n) is 8.39. The number of nitrogens with zero attached hydrogens (tertiary/aromatic N) is 3. The zero-order valence-corrected chi connectivity index (χ0v) is 17.1. The molecule has 29 heavy (non-hydrogen) atoms. The minimum Gasteiger partial charge on any atom is -0.484 e. The third kappa shape index (κ3) is 4.31. The molecule has 0 bridgehead atoms. The summed E-state index contributed by atoms with van der Waals surface area (Å²) in [6, 6.07) is 15.6. The average Bonchev–Trinajstić information content (AvgIpc) is 3.30. The number of anilines is 1. The molecule has 6 nitrogen and oxygen atoms in total. The summed E-state index contributed by atoms with van der Waals surface area (Å²) in [4.78, 5) is 12.4. The molecule has 1 aromatic heterocycles. The van der Waals surface area contributed by atoms with Crippen LogP contribution in [0.5, 0.6) is 5.75 Å². The molecular formula is C23H26N4O2. The number of carbonyl (C=O) groups is 1. The van der Waals surface area contributed by atoms with Crippen molar-refractivity contribution in [2.24, 2.45) is 0 Å². The summed E-state index contributed by atoms with van der Waals surface area (Å²) in [7, 11) is 0. The Morgan fingerprint density at radius 1 is 1.14 bits per heavy atom. The third-order valence-electron chi connectivity index (χ3n) is 5.08. The Morgan fingerprint density at radius 2 is 1.97 bits per heavy atom. The van der Waals surface area contributed by atoms with Crippen LogP contribution in [0.3, 0.4) is 0 Å². The smallest absolute Gasteiger partial charge is 0.262 e. The molecule has 150 valence electrons. The van der Waals surface area contributed by atoms with Gasteiger partial charge in [-0.25, -0.2) is 0 Å². The maximum atomic E-state index is 12.4. The van der Waals surface area contributed by atoms with Crippen LogP contribution < -0.4 is 10.1 Å². The van der Waals surface area contributed by atoms with Gasteiger partial charge in [0.05, 0.1) is 0 Å². The number of benzene rings is 2. The molecule has 0 spiro atoms. The van der Waals surface area contributed by atoms with E-state index in [0.717, 1.165) is 42.3 Å². The van der Waals surface area contributed by atoms with Crippen LogP contribution in [0.1, 0.15) is 38.6 Å². The summed E-state index contributed by atoms with van der Waals surface area (Å²) < 4.78 is 7.85. The summed E-state index contributed by atoms with van der Waals surface area (Å²) in [6.45, 7) is 7.34. The molecule has 1 aliphatic rings. The van der Waals surface area contributed by atoms with Gasteiger partial charge in [-0.05, 0) is 41.7 Å².